The van der Waals surface area contributed by atoms with Gasteiger partial charge >= 0.3 is 0 Å². The number of methoxy groups -OCH3 is 1. The van der Waals surface area contributed by atoms with Crippen LogP contribution >= 0.6 is 11.8 Å². The number of ether oxygens (including phenoxy) is 1. The van der Waals surface area contributed by atoms with E-state index in [1.807, 2.05) is 47.2 Å². The van der Waals surface area contributed by atoms with Crippen LogP contribution in [0.5, 0.6) is 5.75 Å². The van der Waals surface area contributed by atoms with E-state index in [0.29, 0.717) is 4.91 Å². The van der Waals surface area contributed by atoms with E-state index in [9.17, 15) is 9.59 Å². The Morgan fingerprint density at radius 2 is 1.92 bits per heavy atom. The van der Waals surface area contributed by atoms with Gasteiger partial charge in [-0.3, -0.25) is 14.5 Å². The molecule has 1 aromatic carbocycles. The molecule has 5 nitrogen and oxygen atoms in total. The van der Waals surface area contributed by atoms with Crippen molar-refractivity contribution in [3.8, 4) is 11.4 Å². The van der Waals surface area contributed by atoms with Crippen LogP contribution in [0.15, 0.2) is 60.2 Å². The van der Waals surface area contributed by atoms with Gasteiger partial charge in [-0.2, -0.15) is 0 Å². The molecule has 0 radical (unpaired) electrons. The predicted octanol–water partition coefficient (Wildman–Crippen LogP) is 4.10. The Morgan fingerprint density at radius 1 is 1.20 bits per heavy atom. The van der Waals surface area contributed by atoms with Crippen LogP contribution in [0.4, 0.5) is 4.79 Å². The summed E-state index contributed by atoms with van der Waals surface area (Å²) in [6.45, 7) is 5.42. The Kier molecular flexibility index (Phi) is 4.81. The normalized spacial score (nSPS) is 17.2. The summed E-state index contributed by atoms with van der Waals surface area (Å²) in [7, 11) is 1.62. The van der Waals surface area contributed by atoms with Gasteiger partial charge in [-0.05, 0) is 61.2 Å². The molecule has 2 amide bonds. The maximum absolute atomic E-state index is 12.5. The van der Waals surface area contributed by atoms with Crippen molar-refractivity contribution in [1.29, 1.82) is 0 Å². The molecule has 3 rings (SSSR count). The lowest BCUT2D eigenvalue weighted by atomic mass is 10.2. The first-order chi connectivity index (χ1) is 12.0. The molecule has 1 aliphatic heterocycles. The molecule has 0 saturated carbocycles. The van der Waals surface area contributed by atoms with Crippen LogP contribution in [0.3, 0.4) is 0 Å². The van der Waals surface area contributed by atoms with Crippen molar-refractivity contribution < 1.29 is 14.3 Å². The third kappa shape index (κ3) is 3.25. The number of aromatic nitrogens is 1. The van der Waals surface area contributed by atoms with Crippen LogP contribution in [0.25, 0.3) is 11.8 Å². The van der Waals surface area contributed by atoms with Crippen molar-refractivity contribution in [3.63, 3.8) is 0 Å². The number of benzene rings is 1. The number of amides is 2. The Hall–Kier alpha value is -2.73. The topological polar surface area (TPSA) is 51.5 Å². The van der Waals surface area contributed by atoms with Crippen molar-refractivity contribution >= 4 is 29.0 Å². The van der Waals surface area contributed by atoms with Crippen LogP contribution in [-0.2, 0) is 4.79 Å². The lowest BCUT2D eigenvalue weighted by Crippen LogP contribution is -2.35. The predicted molar refractivity (Wildman–Crippen MR) is 99.8 cm³/mol. The molecule has 1 aliphatic rings. The molecule has 0 N–H and O–H groups in total. The summed E-state index contributed by atoms with van der Waals surface area (Å²) < 4.78 is 7.12. The van der Waals surface area contributed by atoms with Gasteiger partial charge in [0.15, 0.2) is 0 Å². The molecule has 2 aromatic rings. The van der Waals surface area contributed by atoms with Crippen molar-refractivity contribution in [2.75, 3.05) is 7.11 Å². The van der Waals surface area contributed by atoms with E-state index in [4.69, 9.17) is 4.74 Å². The first-order valence-corrected chi connectivity index (χ1v) is 8.58. The monoisotopic (exact) mass is 354 g/mol. The van der Waals surface area contributed by atoms with E-state index < -0.39 is 0 Å². The minimum atomic E-state index is -0.327. The number of carbonyl (C=O) groups excluding carboxylic acids is 2. The summed E-state index contributed by atoms with van der Waals surface area (Å²) in [5, 5.41) is -0.272. The van der Waals surface area contributed by atoms with Crippen molar-refractivity contribution in [2.24, 2.45) is 0 Å². The second-order valence-electron chi connectivity index (χ2n) is 5.53. The van der Waals surface area contributed by atoms with Crippen LogP contribution in [0, 0.1) is 0 Å². The number of nitrogens with zero attached hydrogens (tertiary/aromatic N) is 2. The van der Waals surface area contributed by atoms with Crippen LogP contribution in [0.1, 0.15) is 12.6 Å². The summed E-state index contributed by atoms with van der Waals surface area (Å²) in [5.74, 6) is 0.488. The van der Waals surface area contributed by atoms with Gasteiger partial charge in [-0.15, -0.1) is 6.58 Å². The smallest absolute Gasteiger partial charge is 0.294 e. The molecular weight excluding hydrogens is 336 g/mol. The van der Waals surface area contributed by atoms with Gasteiger partial charge < -0.3 is 9.30 Å². The maximum atomic E-state index is 12.5. The Morgan fingerprint density at radius 3 is 2.56 bits per heavy atom. The fraction of sp³-hybridized carbons (Fsp3) is 0.158. The molecule has 128 valence electrons. The molecule has 1 fully saturated rings. The highest BCUT2D eigenvalue weighted by molar-refractivity contribution is 8.18. The highest BCUT2D eigenvalue weighted by Gasteiger charge is 2.37. The van der Waals surface area contributed by atoms with E-state index in [1.165, 1.54) is 4.90 Å². The molecule has 6 heteroatoms. The zero-order chi connectivity index (χ0) is 18.0. The zero-order valence-electron chi connectivity index (χ0n) is 14.0. The lowest BCUT2D eigenvalue weighted by molar-refractivity contribution is -0.123. The number of thioether (sulfide) groups is 1. The molecule has 1 saturated heterocycles. The molecule has 2 heterocycles. The van der Waals surface area contributed by atoms with Gasteiger partial charge in [0, 0.05) is 17.6 Å². The summed E-state index contributed by atoms with van der Waals surface area (Å²) in [6, 6.07) is 11.1. The number of imide groups is 1. The van der Waals surface area contributed by atoms with Crippen molar-refractivity contribution in [2.45, 2.75) is 13.0 Å². The molecule has 0 unspecified atom stereocenters. The highest BCUT2D eigenvalue weighted by Crippen LogP contribution is 2.34. The lowest BCUT2D eigenvalue weighted by Gasteiger charge is -2.17. The fourth-order valence-electron chi connectivity index (χ4n) is 2.56. The number of rotatable bonds is 5. The minimum Gasteiger partial charge on any atom is -0.497 e. The van der Waals surface area contributed by atoms with Crippen LogP contribution in [-0.4, -0.2) is 33.8 Å². The first kappa shape index (κ1) is 17.1. The molecule has 1 atom stereocenters. The summed E-state index contributed by atoms with van der Waals surface area (Å²) in [4.78, 5) is 26.3. The number of hydrogen-bond donors (Lipinski definition) is 0. The van der Waals surface area contributed by atoms with Gasteiger partial charge in [-0.25, -0.2) is 0 Å². The van der Waals surface area contributed by atoms with Gasteiger partial charge in [-0.1, -0.05) is 6.08 Å². The highest BCUT2D eigenvalue weighted by atomic mass is 32.2. The molecule has 1 aromatic heterocycles. The largest absolute Gasteiger partial charge is 0.497 e. The first-order valence-electron chi connectivity index (χ1n) is 7.76. The third-order valence-corrected chi connectivity index (χ3v) is 4.87. The van der Waals surface area contributed by atoms with E-state index in [0.717, 1.165) is 28.9 Å². The van der Waals surface area contributed by atoms with Gasteiger partial charge in [0.2, 0.25) is 0 Å². The molecule has 0 spiro atoms. The minimum absolute atomic E-state index is 0.272. The summed E-state index contributed by atoms with van der Waals surface area (Å²) in [5.41, 5.74) is 1.76. The third-order valence-electron chi connectivity index (χ3n) is 3.98. The van der Waals surface area contributed by atoms with Gasteiger partial charge in [0.1, 0.15) is 5.75 Å². The van der Waals surface area contributed by atoms with Crippen molar-refractivity contribution in [1.82, 2.24) is 9.47 Å². The Bertz CT molecular complexity index is 852. The molecule has 0 aliphatic carbocycles. The average molecular weight is 354 g/mol. The number of carbonyl (C=O) groups is 2. The second kappa shape index (κ2) is 7.03. The number of hydrogen-bond acceptors (Lipinski definition) is 4. The van der Waals surface area contributed by atoms with Crippen molar-refractivity contribution in [3.05, 3.63) is 65.8 Å². The fourth-order valence-corrected chi connectivity index (χ4v) is 3.46. The van der Waals surface area contributed by atoms with E-state index in [1.54, 1.807) is 26.2 Å². The quantitative estimate of drug-likeness (QED) is 0.599. The SMILES string of the molecule is C=C[C@H](C)N1C(=O)S/C(=C\c2cccn2-c2ccc(OC)cc2)C1=O. The van der Waals surface area contributed by atoms with Gasteiger partial charge in [0.05, 0.1) is 18.1 Å². The molecule has 0 bridgehead atoms. The van der Waals surface area contributed by atoms with E-state index in [2.05, 4.69) is 6.58 Å². The molecule has 25 heavy (non-hydrogen) atoms. The van der Waals surface area contributed by atoms with Gasteiger partial charge in [0.25, 0.3) is 11.1 Å². The Labute approximate surface area is 150 Å². The molecular formula is C19H18N2O3S. The van der Waals surface area contributed by atoms with Crippen LogP contribution < -0.4 is 4.74 Å². The Balaban J connectivity index is 1.92. The average Bonchev–Trinajstić information content (AvgIpc) is 3.19. The summed E-state index contributed by atoms with van der Waals surface area (Å²) in [6.07, 6.45) is 5.23. The zero-order valence-corrected chi connectivity index (χ0v) is 14.8. The standard InChI is InChI=1S/C19H18N2O3S/c1-4-13(2)21-18(22)17(25-19(21)23)12-15-6-5-11-20(15)14-7-9-16(24-3)10-8-14/h4-13H,1H2,2-3H3/b17-12-/t13-/m0/s1. The van der Waals surface area contributed by atoms with E-state index in [-0.39, 0.29) is 17.2 Å². The second-order valence-corrected chi connectivity index (χ2v) is 6.52. The maximum Gasteiger partial charge on any atom is 0.294 e. The summed E-state index contributed by atoms with van der Waals surface area (Å²) >= 11 is 0.951. The van der Waals surface area contributed by atoms with Crippen LogP contribution in [0.2, 0.25) is 0 Å². The van der Waals surface area contributed by atoms with E-state index >= 15 is 0 Å².